The molecular weight excluding hydrogens is 421 g/mol. The van der Waals surface area contributed by atoms with Crippen LogP contribution in [-0.2, 0) is 4.79 Å². The first-order valence-electron chi connectivity index (χ1n) is 8.95. The molecule has 0 spiro atoms. The van der Waals surface area contributed by atoms with Gasteiger partial charge in [0.15, 0.2) is 0 Å². The lowest BCUT2D eigenvalue weighted by Crippen LogP contribution is -2.49. The first kappa shape index (κ1) is 20.9. The summed E-state index contributed by atoms with van der Waals surface area (Å²) >= 11 is 18.1. The minimum atomic E-state index is -0.0993. The monoisotopic (exact) mass is 439 g/mol. The Hall–Kier alpha value is -1.79. The SMILES string of the molecule is O=C(CCN1CCN(C(=O)c2ccc(Cl)cc2Cl)CC1)Nc1ccccc1Cl. The second-order valence-corrected chi connectivity index (χ2v) is 7.79. The van der Waals surface area contributed by atoms with Gasteiger partial charge in [-0.15, -0.1) is 0 Å². The third-order valence-electron chi connectivity index (χ3n) is 4.62. The maximum absolute atomic E-state index is 12.6. The molecule has 1 saturated heterocycles. The summed E-state index contributed by atoms with van der Waals surface area (Å²) < 4.78 is 0. The first-order valence-corrected chi connectivity index (χ1v) is 10.1. The minimum absolute atomic E-state index is 0.0837. The van der Waals surface area contributed by atoms with E-state index in [9.17, 15) is 9.59 Å². The molecular formula is C20H20Cl3N3O2. The van der Waals surface area contributed by atoms with E-state index in [1.807, 2.05) is 12.1 Å². The Kier molecular flexibility index (Phi) is 7.18. The van der Waals surface area contributed by atoms with Crippen molar-refractivity contribution in [1.82, 2.24) is 9.80 Å². The van der Waals surface area contributed by atoms with Gasteiger partial charge in [-0.05, 0) is 30.3 Å². The van der Waals surface area contributed by atoms with Crippen LogP contribution in [-0.4, -0.2) is 54.3 Å². The van der Waals surface area contributed by atoms with Gasteiger partial charge in [0.2, 0.25) is 5.91 Å². The number of carbonyl (C=O) groups excluding carboxylic acids is 2. The number of nitrogens with zero attached hydrogens (tertiary/aromatic N) is 2. The summed E-state index contributed by atoms with van der Waals surface area (Å²) in [4.78, 5) is 28.7. The molecule has 2 aromatic rings. The van der Waals surface area contributed by atoms with Crippen molar-refractivity contribution < 1.29 is 9.59 Å². The number of rotatable bonds is 5. The molecule has 1 aliphatic rings. The Balaban J connectivity index is 1.46. The summed E-state index contributed by atoms with van der Waals surface area (Å²) in [5, 5.41) is 4.20. The predicted octanol–water partition coefficient (Wildman–Crippen LogP) is 4.43. The molecule has 28 heavy (non-hydrogen) atoms. The van der Waals surface area contributed by atoms with Crippen molar-refractivity contribution in [3.05, 3.63) is 63.1 Å². The maximum Gasteiger partial charge on any atom is 0.255 e. The molecule has 0 aromatic heterocycles. The Morgan fingerprint density at radius 3 is 2.32 bits per heavy atom. The summed E-state index contributed by atoms with van der Waals surface area (Å²) in [5.74, 6) is -0.183. The van der Waals surface area contributed by atoms with Gasteiger partial charge in [0, 0.05) is 44.2 Å². The van der Waals surface area contributed by atoms with Crippen LogP contribution in [0.2, 0.25) is 15.1 Å². The van der Waals surface area contributed by atoms with E-state index >= 15 is 0 Å². The molecule has 1 heterocycles. The number of nitrogens with one attached hydrogen (secondary N) is 1. The van der Waals surface area contributed by atoms with Gasteiger partial charge in [-0.25, -0.2) is 0 Å². The first-order chi connectivity index (χ1) is 13.4. The number of benzene rings is 2. The Morgan fingerprint density at radius 2 is 1.64 bits per heavy atom. The van der Waals surface area contributed by atoms with E-state index < -0.39 is 0 Å². The molecule has 3 rings (SSSR count). The van der Waals surface area contributed by atoms with E-state index in [-0.39, 0.29) is 11.8 Å². The molecule has 0 bridgehead atoms. The van der Waals surface area contributed by atoms with Gasteiger partial charge in [-0.1, -0.05) is 46.9 Å². The van der Waals surface area contributed by atoms with Crippen molar-refractivity contribution in [3.63, 3.8) is 0 Å². The topological polar surface area (TPSA) is 52.7 Å². The summed E-state index contributed by atoms with van der Waals surface area (Å²) in [6, 6.07) is 12.0. The number of piperazine rings is 1. The molecule has 1 N–H and O–H groups in total. The zero-order chi connectivity index (χ0) is 20.1. The van der Waals surface area contributed by atoms with Crippen molar-refractivity contribution in [2.45, 2.75) is 6.42 Å². The molecule has 8 heteroatoms. The average molecular weight is 441 g/mol. The molecule has 148 valence electrons. The van der Waals surface area contributed by atoms with Crippen LogP contribution >= 0.6 is 34.8 Å². The average Bonchev–Trinajstić information content (AvgIpc) is 2.68. The third-order valence-corrected chi connectivity index (χ3v) is 5.50. The van der Waals surface area contributed by atoms with E-state index in [0.717, 1.165) is 0 Å². The molecule has 0 unspecified atom stereocenters. The molecule has 1 aliphatic heterocycles. The van der Waals surface area contributed by atoms with Gasteiger partial charge in [-0.2, -0.15) is 0 Å². The van der Waals surface area contributed by atoms with Crippen LogP contribution in [0.5, 0.6) is 0 Å². The fourth-order valence-electron chi connectivity index (χ4n) is 3.04. The van der Waals surface area contributed by atoms with Crippen LogP contribution in [0.25, 0.3) is 0 Å². The second kappa shape index (κ2) is 9.61. The zero-order valence-electron chi connectivity index (χ0n) is 15.1. The van der Waals surface area contributed by atoms with Crippen LogP contribution in [0, 0.1) is 0 Å². The highest BCUT2D eigenvalue weighted by atomic mass is 35.5. The van der Waals surface area contributed by atoms with Gasteiger partial charge < -0.3 is 10.2 Å². The number of amides is 2. The van der Waals surface area contributed by atoms with Gasteiger partial charge in [0.1, 0.15) is 0 Å². The standard InChI is InChI=1S/C20H20Cl3N3O2/c21-14-5-6-15(17(23)13-14)20(28)26-11-9-25(10-12-26)8-7-19(27)24-18-4-2-1-3-16(18)22/h1-6,13H,7-12H2,(H,24,27). The summed E-state index contributed by atoms with van der Waals surface area (Å²) in [6.07, 6.45) is 0.363. The van der Waals surface area contributed by atoms with Gasteiger partial charge in [0.05, 0.1) is 21.3 Å². The fourth-order valence-corrected chi connectivity index (χ4v) is 3.72. The molecule has 0 aliphatic carbocycles. The predicted molar refractivity (Wildman–Crippen MR) is 114 cm³/mol. The van der Waals surface area contributed by atoms with E-state index in [2.05, 4.69) is 10.2 Å². The highest BCUT2D eigenvalue weighted by Gasteiger charge is 2.24. The lowest BCUT2D eigenvalue weighted by atomic mass is 10.1. The van der Waals surface area contributed by atoms with E-state index in [4.69, 9.17) is 34.8 Å². The number of hydrogen-bond donors (Lipinski definition) is 1. The van der Waals surface area contributed by atoms with Crippen LogP contribution in [0.4, 0.5) is 5.69 Å². The van der Waals surface area contributed by atoms with Gasteiger partial charge in [-0.3, -0.25) is 14.5 Å². The largest absolute Gasteiger partial charge is 0.336 e. The quantitative estimate of drug-likeness (QED) is 0.748. The van der Waals surface area contributed by atoms with Crippen molar-refractivity contribution in [1.29, 1.82) is 0 Å². The summed E-state index contributed by atoms with van der Waals surface area (Å²) in [6.45, 7) is 3.21. The molecule has 2 aromatic carbocycles. The normalized spacial score (nSPS) is 14.8. The third kappa shape index (κ3) is 5.39. The van der Waals surface area contributed by atoms with Crippen LogP contribution in [0.15, 0.2) is 42.5 Å². The lowest BCUT2D eigenvalue weighted by molar-refractivity contribution is -0.116. The smallest absolute Gasteiger partial charge is 0.255 e. The highest BCUT2D eigenvalue weighted by Crippen LogP contribution is 2.23. The van der Waals surface area contributed by atoms with E-state index in [1.165, 1.54) is 0 Å². The molecule has 0 atom stereocenters. The zero-order valence-corrected chi connectivity index (χ0v) is 17.4. The Labute approximate surface area is 179 Å². The number of carbonyl (C=O) groups is 2. The Morgan fingerprint density at radius 1 is 0.929 bits per heavy atom. The molecule has 2 amide bonds. The van der Waals surface area contributed by atoms with Crippen LogP contribution in [0.3, 0.4) is 0 Å². The van der Waals surface area contributed by atoms with Crippen LogP contribution in [0.1, 0.15) is 16.8 Å². The molecule has 0 saturated carbocycles. The fraction of sp³-hybridized carbons (Fsp3) is 0.300. The van der Waals surface area contributed by atoms with Crippen molar-refractivity contribution >= 4 is 52.3 Å². The second-order valence-electron chi connectivity index (χ2n) is 6.54. The Bertz CT molecular complexity index is 868. The number of halogens is 3. The van der Waals surface area contributed by atoms with E-state index in [1.54, 1.807) is 35.2 Å². The van der Waals surface area contributed by atoms with Crippen molar-refractivity contribution in [2.24, 2.45) is 0 Å². The number of hydrogen-bond acceptors (Lipinski definition) is 3. The highest BCUT2D eigenvalue weighted by molar-refractivity contribution is 6.36. The van der Waals surface area contributed by atoms with Gasteiger partial charge in [0.25, 0.3) is 5.91 Å². The summed E-state index contributed by atoms with van der Waals surface area (Å²) in [7, 11) is 0. The minimum Gasteiger partial charge on any atom is -0.336 e. The van der Waals surface area contributed by atoms with Crippen LogP contribution < -0.4 is 5.32 Å². The van der Waals surface area contributed by atoms with E-state index in [0.29, 0.717) is 65.5 Å². The molecule has 0 radical (unpaired) electrons. The van der Waals surface area contributed by atoms with Crippen molar-refractivity contribution in [2.75, 3.05) is 38.0 Å². The van der Waals surface area contributed by atoms with Gasteiger partial charge >= 0.3 is 0 Å². The molecule has 1 fully saturated rings. The summed E-state index contributed by atoms with van der Waals surface area (Å²) in [5.41, 5.74) is 1.07. The maximum atomic E-state index is 12.6. The van der Waals surface area contributed by atoms with Crippen molar-refractivity contribution in [3.8, 4) is 0 Å². The lowest BCUT2D eigenvalue weighted by Gasteiger charge is -2.34. The molecule has 5 nitrogen and oxygen atoms in total. The number of para-hydroxylation sites is 1. The number of anilines is 1.